The Morgan fingerprint density at radius 3 is 2.71 bits per heavy atom. The molecule has 0 aliphatic carbocycles. The number of rotatable bonds is 4. The third kappa shape index (κ3) is 2.68. The summed E-state index contributed by atoms with van der Waals surface area (Å²) in [6, 6.07) is 6.10. The highest BCUT2D eigenvalue weighted by Gasteiger charge is 2.09. The number of carbonyl (C=O) groups excluding carboxylic acids is 1. The molecule has 0 aliphatic heterocycles. The van der Waals surface area contributed by atoms with Crippen LogP contribution >= 0.6 is 15.9 Å². The van der Waals surface area contributed by atoms with Crippen molar-refractivity contribution < 1.29 is 4.79 Å². The number of carbonyl (C=O) groups is 1. The lowest BCUT2D eigenvalue weighted by Gasteiger charge is -2.06. The van der Waals surface area contributed by atoms with E-state index < -0.39 is 0 Å². The molecule has 0 heterocycles. The van der Waals surface area contributed by atoms with E-state index in [4.69, 9.17) is 0 Å². The van der Waals surface area contributed by atoms with E-state index in [1.807, 2.05) is 13.0 Å². The van der Waals surface area contributed by atoms with Crippen LogP contribution in [0.3, 0.4) is 0 Å². The van der Waals surface area contributed by atoms with Gasteiger partial charge in [0.1, 0.15) is 0 Å². The number of hydrogen-bond donors (Lipinski definition) is 0. The Kier molecular flexibility index (Phi) is 4.33. The van der Waals surface area contributed by atoms with Crippen LogP contribution in [0, 0.1) is 6.92 Å². The average molecular weight is 255 g/mol. The Morgan fingerprint density at radius 2 is 2.14 bits per heavy atom. The lowest BCUT2D eigenvalue weighted by atomic mass is 9.98. The Morgan fingerprint density at radius 1 is 1.43 bits per heavy atom. The van der Waals surface area contributed by atoms with Gasteiger partial charge in [0, 0.05) is 17.3 Å². The summed E-state index contributed by atoms with van der Waals surface area (Å²) in [5.41, 5.74) is 3.20. The highest BCUT2D eigenvalue weighted by molar-refractivity contribution is 9.09. The molecule has 0 radical (unpaired) electrons. The molecule has 0 saturated carbocycles. The maximum Gasteiger partial charge on any atom is 0.163 e. The third-order valence-corrected chi connectivity index (χ3v) is 2.66. The van der Waals surface area contributed by atoms with Crippen LogP contribution in [0.2, 0.25) is 0 Å². The van der Waals surface area contributed by atoms with Gasteiger partial charge in [0.15, 0.2) is 5.78 Å². The maximum absolute atomic E-state index is 11.7. The predicted octanol–water partition coefficient (Wildman–Crippen LogP) is 3.53. The minimum absolute atomic E-state index is 0.238. The summed E-state index contributed by atoms with van der Waals surface area (Å²) in [5.74, 6) is 0.238. The molecule has 0 atom stereocenters. The van der Waals surface area contributed by atoms with Crippen LogP contribution in [0.1, 0.15) is 34.8 Å². The molecule has 0 aromatic heterocycles. The van der Waals surface area contributed by atoms with Gasteiger partial charge in [0.25, 0.3) is 0 Å². The highest BCUT2D eigenvalue weighted by Crippen LogP contribution is 2.15. The van der Waals surface area contributed by atoms with Crippen molar-refractivity contribution in [1.29, 1.82) is 0 Å². The summed E-state index contributed by atoms with van der Waals surface area (Å²) < 4.78 is 0. The number of benzene rings is 1. The van der Waals surface area contributed by atoms with Gasteiger partial charge in [-0.25, -0.2) is 0 Å². The molecule has 1 aromatic rings. The van der Waals surface area contributed by atoms with Gasteiger partial charge >= 0.3 is 0 Å². The summed E-state index contributed by atoms with van der Waals surface area (Å²) in [7, 11) is 0. The van der Waals surface area contributed by atoms with Crippen LogP contribution in [0.5, 0.6) is 0 Å². The molecule has 0 amide bonds. The molecule has 0 spiro atoms. The summed E-state index contributed by atoms with van der Waals surface area (Å²) >= 11 is 3.29. The smallest absolute Gasteiger partial charge is 0.163 e. The maximum atomic E-state index is 11.7. The van der Waals surface area contributed by atoms with E-state index in [1.54, 1.807) is 0 Å². The normalized spacial score (nSPS) is 10.2. The topological polar surface area (TPSA) is 17.1 Å². The molecule has 0 fully saturated rings. The van der Waals surface area contributed by atoms with Crippen LogP contribution in [-0.2, 0) is 6.42 Å². The van der Waals surface area contributed by atoms with E-state index in [1.165, 1.54) is 0 Å². The van der Waals surface area contributed by atoms with E-state index in [9.17, 15) is 4.79 Å². The minimum Gasteiger partial charge on any atom is -0.294 e. The number of Topliss-reactive ketones (excluding diaryl/α,β-unsaturated/α-hetero) is 1. The van der Waals surface area contributed by atoms with E-state index in [0.29, 0.717) is 6.42 Å². The van der Waals surface area contributed by atoms with Crippen molar-refractivity contribution in [1.82, 2.24) is 0 Å². The lowest BCUT2D eigenvalue weighted by molar-refractivity contribution is 0.0989. The van der Waals surface area contributed by atoms with Gasteiger partial charge in [-0.1, -0.05) is 40.5 Å². The number of ketones is 1. The number of alkyl halides is 1. The SMILES string of the molecule is CCc1ccc(C)cc1C(=O)CCBr. The molecule has 0 unspecified atom stereocenters. The summed E-state index contributed by atoms with van der Waals surface area (Å²) in [6.07, 6.45) is 1.50. The first kappa shape index (κ1) is 11.4. The Labute approximate surface area is 93.7 Å². The van der Waals surface area contributed by atoms with Crippen molar-refractivity contribution in [2.75, 3.05) is 5.33 Å². The van der Waals surface area contributed by atoms with Gasteiger partial charge in [0.05, 0.1) is 0 Å². The fourth-order valence-corrected chi connectivity index (χ4v) is 1.84. The molecular weight excluding hydrogens is 240 g/mol. The molecule has 0 N–H and O–H groups in total. The molecule has 76 valence electrons. The standard InChI is InChI=1S/C12H15BrO/c1-3-10-5-4-9(2)8-11(10)12(14)6-7-13/h4-5,8H,3,6-7H2,1-2H3. The largest absolute Gasteiger partial charge is 0.294 e. The van der Waals surface area contributed by atoms with Gasteiger partial charge in [-0.2, -0.15) is 0 Å². The lowest BCUT2D eigenvalue weighted by Crippen LogP contribution is -2.04. The molecule has 14 heavy (non-hydrogen) atoms. The van der Waals surface area contributed by atoms with Crippen LogP contribution < -0.4 is 0 Å². The second-order valence-electron chi connectivity index (χ2n) is 3.38. The Balaban J connectivity index is 3.03. The van der Waals surface area contributed by atoms with Crippen molar-refractivity contribution >= 4 is 21.7 Å². The van der Waals surface area contributed by atoms with Gasteiger partial charge in [-0.3, -0.25) is 4.79 Å². The van der Waals surface area contributed by atoms with Crippen molar-refractivity contribution in [2.45, 2.75) is 26.7 Å². The first-order valence-corrected chi connectivity index (χ1v) is 6.00. The number of halogens is 1. The average Bonchev–Trinajstić information content (AvgIpc) is 2.18. The zero-order valence-corrected chi connectivity index (χ0v) is 10.2. The second-order valence-corrected chi connectivity index (χ2v) is 4.17. The first-order chi connectivity index (χ1) is 6.69. The minimum atomic E-state index is 0.238. The molecule has 1 nitrogen and oxygen atoms in total. The molecule has 2 heteroatoms. The highest BCUT2D eigenvalue weighted by atomic mass is 79.9. The van der Waals surface area contributed by atoms with Crippen molar-refractivity contribution in [3.63, 3.8) is 0 Å². The summed E-state index contributed by atoms with van der Waals surface area (Å²) in [4.78, 5) is 11.7. The monoisotopic (exact) mass is 254 g/mol. The second kappa shape index (κ2) is 5.30. The first-order valence-electron chi connectivity index (χ1n) is 4.87. The fraction of sp³-hybridized carbons (Fsp3) is 0.417. The van der Waals surface area contributed by atoms with Gasteiger partial charge in [0.2, 0.25) is 0 Å². The van der Waals surface area contributed by atoms with E-state index in [-0.39, 0.29) is 5.78 Å². The molecule has 1 aromatic carbocycles. The molecule has 0 saturated heterocycles. The van der Waals surface area contributed by atoms with E-state index in [2.05, 4.69) is 35.0 Å². The predicted molar refractivity (Wildman–Crippen MR) is 63.3 cm³/mol. The van der Waals surface area contributed by atoms with Crippen molar-refractivity contribution in [3.8, 4) is 0 Å². The van der Waals surface area contributed by atoms with Crippen LogP contribution in [0.15, 0.2) is 18.2 Å². The Hall–Kier alpha value is -0.630. The third-order valence-electron chi connectivity index (χ3n) is 2.27. The molecule has 0 bridgehead atoms. The van der Waals surface area contributed by atoms with Gasteiger partial charge in [-0.15, -0.1) is 0 Å². The van der Waals surface area contributed by atoms with Crippen molar-refractivity contribution in [3.05, 3.63) is 34.9 Å². The Bertz CT molecular complexity index is 331. The van der Waals surface area contributed by atoms with Crippen LogP contribution in [-0.4, -0.2) is 11.1 Å². The van der Waals surface area contributed by atoms with Gasteiger partial charge < -0.3 is 0 Å². The van der Waals surface area contributed by atoms with Gasteiger partial charge in [-0.05, 0) is 25.0 Å². The van der Waals surface area contributed by atoms with Crippen LogP contribution in [0.25, 0.3) is 0 Å². The number of aryl methyl sites for hydroxylation is 2. The quantitative estimate of drug-likeness (QED) is 0.594. The molecule has 1 rings (SSSR count). The van der Waals surface area contributed by atoms with Crippen LogP contribution in [0.4, 0.5) is 0 Å². The fourth-order valence-electron chi connectivity index (χ4n) is 1.48. The zero-order valence-electron chi connectivity index (χ0n) is 8.64. The summed E-state index contributed by atoms with van der Waals surface area (Å²) in [5, 5.41) is 0.739. The molecular formula is C12H15BrO. The summed E-state index contributed by atoms with van der Waals surface area (Å²) in [6.45, 7) is 4.10. The number of hydrogen-bond acceptors (Lipinski definition) is 1. The van der Waals surface area contributed by atoms with Crippen molar-refractivity contribution in [2.24, 2.45) is 0 Å². The van der Waals surface area contributed by atoms with E-state index in [0.717, 1.165) is 28.4 Å². The zero-order chi connectivity index (χ0) is 10.6. The van der Waals surface area contributed by atoms with E-state index >= 15 is 0 Å². The molecule has 0 aliphatic rings.